The molecule has 0 amide bonds. The molecule has 1 unspecified atom stereocenters. The first-order valence-corrected chi connectivity index (χ1v) is 9.51. The molecular weight excluding hydrogens is 367 g/mol. The number of Topliss-reactive ketones (excluding diaryl/α,β-unsaturated/α-hetero) is 1. The van der Waals surface area contributed by atoms with Gasteiger partial charge < -0.3 is 4.74 Å². The molecule has 0 saturated carbocycles. The van der Waals surface area contributed by atoms with Crippen molar-refractivity contribution in [2.24, 2.45) is 0 Å². The van der Waals surface area contributed by atoms with Gasteiger partial charge in [-0.2, -0.15) is 4.52 Å². The van der Waals surface area contributed by atoms with E-state index >= 15 is 0 Å². The lowest BCUT2D eigenvalue weighted by Crippen LogP contribution is -2.13. The minimum absolute atomic E-state index is 0.0677. The summed E-state index contributed by atoms with van der Waals surface area (Å²) in [5.74, 6) is -0.642. The second-order valence-corrected chi connectivity index (χ2v) is 6.30. The van der Waals surface area contributed by atoms with Crippen LogP contribution < -0.4 is 4.74 Å². The first kappa shape index (κ1) is 20.3. The molecule has 0 saturated heterocycles. The van der Waals surface area contributed by atoms with Crippen molar-refractivity contribution in [2.75, 3.05) is 6.61 Å². The Bertz CT molecular complexity index is 816. The normalized spacial score (nSPS) is 11.1. The maximum atomic E-state index is 12.1. The van der Waals surface area contributed by atoms with Crippen LogP contribution >= 0.6 is 8.25 Å². The molecule has 0 aliphatic heterocycles. The third-order valence-corrected chi connectivity index (χ3v) is 4.04. The van der Waals surface area contributed by atoms with E-state index in [0.29, 0.717) is 18.4 Å². The highest BCUT2D eigenvalue weighted by molar-refractivity contribution is 7.34. The van der Waals surface area contributed by atoms with Crippen molar-refractivity contribution in [3.8, 4) is 5.75 Å². The van der Waals surface area contributed by atoms with Gasteiger partial charge in [0.05, 0.1) is 5.56 Å². The van der Waals surface area contributed by atoms with E-state index in [9.17, 15) is 14.2 Å². The average molecular weight is 387 g/mol. The zero-order chi connectivity index (χ0) is 19.5. The van der Waals surface area contributed by atoms with Gasteiger partial charge in [-0.05, 0) is 30.2 Å². The van der Waals surface area contributed by atoms with Crippen molar-refractivity contribution >= 4 is 26.1 Å². The van der Waals surface area contributed by atoms with Gasteiger partial charge in [-0.3, -0.25) is 4.79 Å². The summed E-state index contributed by atoms with van der Waals surface area (Å²) < 4.78 is 26.5. The molecule has 0 spiro atoms. The van der Waals surface area contributed by atoms with Gasteiger partial charge in [0.2, 0.25) is 0 Å². The first-order valence-electron chi connectivity index (χ1n) is 8.41. The van der Waals surface area contributed by atoms with Gasteiger partial charge in [0.1, 0.15) is 5.75 Å². The predicted molar refractivity (Wildman–Crippen MR) is 101 cm³/mol. The summed E-state index contributed by atoms with van der Waals surface area (Å²) in [6, 6.07) is 15.9. The number of carbonyl (C=O) groups is 2. The predicted octanol–water partition coefficient (Wildman–Crippen LogP) is 4.94. The summed E-state index contributed by atoms with van der Waals surface area (Å²) in [6.07, 6.45) is 3.88. The van der Waals surface area contributed by atoms with Crippen molar-refractivity contribution < 1.29 is 27.9 Å². The minimum atomic E-state index is -2.66. The molecule has 0 aromatic heterocycles. The Hall–Kier alpha value is -2.98. The number of ketones is 1. The van der Waals surface area contributed by atoms with E-state index in [-0.39, 0.29) is 11.5 Å². The van der Waals surface area contributed by atoms with Gasteiger partial charge in [0.15, 0.2) is 18.7 Å². The van der Waals surface area contributed by atoms with Crippen molar-refractivity contribution in [1.82, 2.24) is 0 Å². The molecule has 0 radical (unpaired) electrons. The number of benzene rings is 2. The quantitative estimate of drug-likeness (QED) is 0.327. The Kier molecular flexibility index (Phi) is 8.20. The molecule has 7 heteroatoms. The van der Waals surface area contributed by atoms with Crippen LogP contribution in [0.3, 0.4) is 0 Å². The fourth-order valence-corrected chi connectivity index (χ4v) is 2.60. The summed E-state index contributed by atoms with van der Waals surface area (Å²) in [6.45, 7) is 1.42. The van der Waals surface area contributed by atoms with Crippen LogP contribution in [-0.2, 0) is 18.4 Å². The highest BCUT2D eigenvalue weighted by atomic mass is 31.1. The Labute approximate surface area is 158 Å². The van der Waals surface area contributed by atoms with E-state index in [2.05, 4.69) is 4.52 Å². The molecule has 6 nitrogen and oxygen atoms in total. The second-order valence-electron chi connectivity index (χ2n) is 5.46. The summed E-state index contributed by atoms with van der Waals surface area (Å²) in [5.41, 5.74) is 1.25. The molecule has 2 rings (SSSR count). The van der Waals surface area contributed by atoms with Crippen LogP contribution in [0.2, 0.25) is 0 Å². The Morgan fingerprint density at radius 1 is 1.04 bits per heavy atom. The lowest BCUT2D eigenvalue weighted by atomic mass is 10.1. The second kappa shape index (κ2) is 10.9. The zero-order valence-electron chi connectivity index (χ0n) is 14.9. The van der Waals surface area contributed by atoms with E-state index in [4.69, 9.17) is 9.26 Å². The van der Waals surface area contributed by atoms with Crippen LogP contribution in [-0.4, -0.2) is 18.4 Å². The summed E-state index contributed by atoms with van der Waals surface area (Å²) in [4.78, 5) is 23.8. The Balaban J connectivity index is 1.81. The van der Waals surface area contributed by atoms with Crippen molar-refractivity contribution in [2.45, 2.75) is 19.8 Å². The lowest BCUT2D eigenvalue weighted by molar-refractivity contribution is -0.136. The van der Waals surface area contributed by atoms with Gasteiger partial charge in [-0.25, -0.2) is 9.32 Å². The molecule has 0 heterocycles. The maximum Gasteiger partial charge on any atom is 0.808 e. The summed E-state index contributed by atoms with van der Waals surface area (Å²) in [5, 5.41) is 0. The fraction of sp³-hybridized carbons (Fsp3) is 0.200. The summed E-state index contributed by atoms with van der Waals surface area (Å²) in [7, 11) is -2.66. The smallest absolute Gasteiger partial charge is 0.481 e. The highest BCUT2D eigenvalue weighted by Crippen LogP contribution is 2.25. The van der Waals surface area contributed by atoms with Crippen LogP contribution in [0.15, 0.2) is 60.9 Å². The fourth-order valence-electron chi connectivity index (χ4n) is 2.18. The molecule has 140 valence electrons. The molecule has 1 atom stereocenters. The lowest BCUT2D eigenvalue weighted by Gasteiger charge is -2.08. The number of para-hydroxylation sites is 1. The van der Waals surface area contributed by atoms with Crippen LogP contribution in [0.5, 0.6) is 5.75 Å². The van der Waals surface area contributed by atoms with E-state index in [1.54, 1.807) is 30.3 Å². The van der Waals surface area contributed by atoms with Gasteiger partial charge in [-0.15, -0.1) is 0 Å². The molecule has 0 bridgehead atoms. The molecule has 2 aromatic carbocycles. The SMILES string of the molecule is CCCC(=O)c1ccccc1OCC(=O)O[P+](=O)OC=Cc1ccccc1. The summed E-state index contributed by atoms with van der Waals surface area (Å²) >= 11 is 0. The largest absolute Gasteiger partial charge is 0.808 e. The molecule has 2 aromatic rings. The molecule has 0 N–H and O–H groups in total. The van der Waals surface area contributed by atoms with Crippen LogP contribution in [0.4, 0.5) is 0 Å². The minimum Gasteiger partial charge on any atom is -0.481 e. The molecular formula is C20H20O6P+. The standard InChI is InChI=1S/C20H20O6P/c1-2-8-18(21)17-11-6-7-12-19(17)24-15-20(22)26-27(23)25-14-13-16-9-4-3-5-10-16/h3-7,9-14H,2,8,15H2,1H3/q+1. The van der Waals surface area contributed by atoms with Gasteiger partial charge in [0, 0.05) is 11.0 Å². The molecule has 0 fully saturated rings. The average Bonchev–Trinajstić information content (AvgIpc) is 2.67. The third kappa shape index (κ3) is 7.04. The molecule has 0 aliphatic carbocycles. The first-order chi connectivity index (χ1) is 13.1. The number of carbonyl (C=O) groups excluding carboxylic acids is 2. The number of hydrogen-bond acceptors (Lipinski definition) is 6. The van der Waals surface area contributed by atoms with E-state index in [0.717, 1.165) is 5.56 Å². The number of rotatable bonds is 10. The monoisotopic (exact) mass is 387 g/mol. The topological polar surface area (TPSA) is 78.9 Å². The van der Waals surface area contributed by atoms with E-state index in [1.165, 1.54) is 6.26 Å². The van der Waals surface area contributed by atoms with Crippen molar-refractivity contribution in [3.05, 3.63) is 72.0 Å². The van der Waals surface area contributed by atoms with E-state index in [1.807, 2.05) is 37.3 Å². The van der Waals surface area contributed by atoms with Gasteiger partial charge in [-0.1, -0.05) is 49.4 Å². The Morgan fingerprint density at radius 2 is 1.74 bits per heavy atom. The van der Waals surface area contributed by atoms with Crippen LogP contribution in [0, 0.1) is 0 Å². The third-order valence-electron chi connectivity index (χ3n) is 3.39. The Morgan fingerprint density at radius 3 is 2.48 bits per heavy atom. The maximum absolute atomic E-state index is 12.1. The highest BCUT2D eigenvalue weighted by Gasteiger charge is 2.26. The number of hydrogen-bond donors (Lipinski definition) is 0. The number of ether oxygens (including phenoxy) is 1. The van der Waals surface area contributed by atoms with Crippen LogP contribution in [0.1, 0.15) is 35.7 Å². The van der Waals surface area contributed by atoms with Crippen LogP contribution in [0.25, 0.3) is 6.08 Å². The van der Waals surface area contributed by atoms with Crippen molar-refractivity contribution in [3.63, 3.8) is 0 Å². The zero-order valence-corrected chi connectivity index (χ0v) is 15.8. The molecule has 0 aliphatic rings. The van der Waals surface area contributed by atoms with E-state index < -0.39 is 20.8 Å². The molecule has 27 heavy (non-hydrogen) atoms. The van der Waals surface area contributed by atoms with Gasteiger partial charge in [0.25, 0.3) is 0 Å². The van der Waals surface area contributed by atoms with Crippen molar-refractivity contribution in [1.29, 1.82) is 0 Å². The van der Waals surface area contributed by atoms with Gasteiger partial charge >= 0.3 is 14.2 Å².